The summed E-state index contributed by atoms with van der Waals surface area (Å²) in [5.41, 5.74) is 1.05. The molecule has 1 heterocycles. The lowest BCUT2D eigenvalue weighted by atomic mass is 10.0. The Morgan fingerprint density at radius 3 is 2.94 bits per heavy atom. The minimum absolute atomic E-state index is 0.212. The predicted octanol–water partition coefficient (Wildman–Crippen LogP) is 3.34. The van der Waals surface area contributed by atoms with Crippen LogP contribution in [-0.2, 0) is 0 Å². The average molecular weight is 449 g/mol. The maximum atomic E-state index is 12.5. The van der Waals surface area contributed by atoms with Gasteiger partial charge in [0.05, 0.1) is 23.3 Å². The highest BCUT2D eigenvalue weighted by Crippen LogP contribution is 2.37. The van der Waals surface area contributed by atoms with Crippen molar-refractivity contribution in [3.8, 4) is 17.2 Å². The fourth-order valence-electron chi connectivity index (χ4n) is 3.25. The Kier molecular flexibility index (Phi) is 8.40. The molecule has 0 saturated carbocycles. The molecule has 2 atom stereocenters. The van der Waals surface area contributed by atoms with Gasteiger partial charge in [-0.25, -0.2) is 0 Å². The highest BCUT2D eigenvalue weighted by molar-refractivity contribution is 6.32. The van der Waals surface area contributed by atoms with E-state index in [1.54, 1.807) is 24.3 Å². The van der Waals surface area contributed by atoms with E-state index >= 15 is 0 Å². The van der Waals surface area contributed by atoms with Crippen LogP contribution in [-0.4, -0.2) is 50.0 Å². The third kappa shape index (κ3) is 6.03. The topological polar surface area (TPSA) is 89.1 Å². The van der Waals surface area contributed by atoms with Gasteiger partial charge in [-0.1, -0.05) is 30.7 Å². The summed E-state index contributed by atoms with van der Waals surface area (Å²) < 4.78 is 17.2. The summed E-state index contributed by atoms with van der Waals surface area (Å²) in [5.74, 6) is 1.46. The van der Waals surface area contributed by atoms with Crippen LogP contribution in [0.25, 0.3) is 0 Å². The van der Waals surface area contributed by atoms with Gasteiger partial charge in [0.25, 0.3) is 5.91 Å². The standard InChI is InChI=1S/C23H29ClN2O5/c1-3-10-26-23(28)17-11-15(8-9-20(17)29-4-2)19(27)13-25-12-16-14-30-21-7-5-6-18(24)22(21)31-16/h5-9,11,16,19,25,27H,3-4,10,12-14H2,1-2H3,(H,26,28). The molecule has 1 aliphatic rings. The monoisotopic (exact) mass is 448 g/mol. The highest BCUT2D eigenvalue weighted by Gasteiger charge is 2.23. The molecule has 0 radical (unpaired) electrons. The molecule has 2 aromatic rings. The summed E-state index contributed by atoms with van der Waals surface area (Å²) in [6.45, 7) is 6.04. The number of carbonyl (C=O) groups excluding carboxylic acids is 1. The molecule has 0 aromatic heterocycles. The maximum absolute atomic E-state index is 12.5. The molecule has 3 rings (SSSR count). The van der Waals surface area contributed by atoms with E-state index in [0.29, 0.717) is 66.2 Å². The first-order valence-corrected chi connectivity index (χ1v) is 10.9. The van der Waals surface area contributed by atoms with Crippen LogP contribution in [0.15, 0.2) is 36.4 Å². The van der Waals surface area contributed by atoms with Crippen molar-refractivity contribution in [3.05, 3.63) is 52.5 Å². The molecule has 0 bridgehead atoms. The van der Waals surface area contributed by atoms with E-state index in [9.17, 15) is 9.90 Å². The molecule has 2 aromatic carbocycles. The molecule has 1 aliphatic heterocycles. The number of amides is 1. The van der Waals surface area contributed by atoms with Crippen molar-refractivity contribution in [2.24, 2.45) is 0 Å². The smallest absolute Gasteiger partial charge is 0.255 e. The van der Waals surface area contributed by atoms with E-state index in [-0.39, 0.29) is 12.0 Å². The Hall–Kier alpha value is -2.48. The number of hydrogen-bond acceptors (Lipinski definition) is 6. The van der Waals surface area contributed by atoms with Crippen LogP contribution in [0.5, 0.6) is 17.2 Å². The molecular formula is C23H29ClN2O5. The van der Waals surface area contributed by atoms with Gasteiger partial charge >= 0.3 is 0 Å². The van der Waals surface area contributed by atoms with Crippen molar-refractivity contribution in [3.63, 3.8) is 0 Å². The summed E-state index contributed by atoms with van der Waals surface area (Å²) in [6.07, 6.45) is -0.186. The Labute approximate surface area is 187 Å². The van der Waals surface area contributed by atoms with Crippen molar-refractivity contribution in [2.75, 3.05) is 32.8 Å². The van der Waals surface area contributed by atoms with Crippen molar-refractivity contribution in [1.29, 1.82) is 0 Å². The number of carbonyl (C=O) groups is 1. The van der Waals surface area contributed by atoms with Crippen LogP contribution in [0.1, 0.15) is 42.3 Å². The van der Waals surface area contributed by atoms with Gasteiger partial charge in [0, 0.05) is 19.6 Å². The van der Waals surface area contributed by atoms with Gasteiger partial charge in [0.15, 0.2) is 11.5 Å². The van der Waals surface area contributed by atoms with Crippen LogP contribution in [0, 0.1) is 0 Å². The van der Waals surface area contributed by atoms with Crippen LogP contribution < -0.4 is 24.8 Å². The minimum Gasteiger partial charge on any atom is -0.493 e. The number of nitrogens with one attached hydrogen (secondary N) is 2. The lowest BCUT2D eigenvalue weighted by molar-refractivity contribution is 0.0859. The summed E-state index contributed by atoms with van der Waals surface area (Å²) in [4.78, 5) is 12.5. The summed E-state index contributed by atoms with van der Waals surface area (Å²) >= 11 is 6.17. The van der Waals surface area contributed by atoms with E-state index in [1.165, 1.54) is 0 Å². The van der Waals surface area contributed by atoms with Gasteiger partial charge in [0.1, 0.15) is 18.5 Å². The molecule has 168 valence electrons. The van der Waals surface area contributed by atoms with Crippen molar-refractivity contribution in [2.45, 2.75) is 32.5 Å². The number of rotatable bonds is 10. The number of para-hydroxylation sites is 1. The van der Waals surface area contributed by atoms with Gasteiger partial charge in [0.2, 0.25) is 0 Å². The fourth-order valence-corrected chi connectivity index (χ4v) is 3.46. The molecule has 8 heteroatoms. The molecule has 2 unspecified atom stereocenters. The van der Waals surface area contributed by atoms with Crippen molar-refractivity contribution < 1.29 is 24.1 Å². The number of halogens is 1. The zero-order valence-corrected chi connectivity index (χ0v) is 18.6. The van der Waals surface area contributed by atoms with E-state index in [0.717, 1.165) is 6.42 Å². The van der Waals surface area contributed by atoms with Gasteiger partial charge in [-0.3, -0.25) is 4.79 Å². The first-order valence-electron chi connectivity index (χ1n) is 10.5. The fraction of sp³-hybridized carbons (Fsp3) is 0.435. The third-order valence-electron chi connectivity index (χ3n) is 4.82. The largest absolute Gasteiger partial charge is 0.493 e. The van der Waals surface area contributed by atoms with Gasteiger partial charge in [-0.05, 0) is 43.2 Å². The van der Waals surface area contributed by atoms with Crippen LogP contribution in [0.4, 0.5) is 0 Å². The van der Waals surface area contributed by atoms with Crippen molar-refractivity contribution in [1.82, 2.24) is 10.6 Å². The maximum Gasteiger partial charge on any atom is 0.255 e. The Morgan fingerprint density at radius 2 is 2.16 bits per heavy atom. The molecule has 0 aliphatic carbocycles. The molecular weight excluding hydrogens is 420 g/mol. The van der Waals surface area contributed by atoms with E-state index in [4.69, 9.17) is 25.8 Å². The molecule has 0 spiro atoms. The summed E-state index contributed by atoms with van der Waals surface area (Å²) in [6, 6.07) is 10.5. The second-order valence-electron chi connectivity index (χ2n) is 7.24. The molecule has 0 fully saturated rings. The number of hydrogen-bond donors (Lipinski definition) is 3. The summed E-state index contributed by atoms with van der Waals surface area (Å²) in [7, 11) is 0. The minimum atomic E-state index is -0.797. The predicted molar refractivity (Wildman–Crippen MR) is 119 cm³/mol. The zero-order valence-electron chi connectivity index (χ0n) is 17.8. The first kappa shape index (κ1) is 23.2. The lowest BCUT2D eigenvalue weighted by Gasteiger charge is -2.27. The van der Waals surface area contributed by atoms with E-state index in [2.05, 4.69) is 10.6 Å². The first-order chi connectivity index (χ1) is 15.0. The molecule has 1 amide bonds. The zero-order chi connectivity index (χ0) is 22.2. The highest BCUT2D eigenvalue weighted by atomic mass is 35.5. The number of ether oxygens (including phenoxy) is 3. The van der Waals surface area contributed by atoms with Crippen LogP contribution in [0.2, 0.25) is 5.02 Å². The normalized spacial score (nSPS) is 15.9. The second-order valence-corrected chi connectivity index (χ2v) is 7.64. The Morgan fingerprint density at radius 1 is 1.32 bits per heavy atom. The number of aliphatic hydroxyl groups excluding tert-OH is 1. The third-order valence-corrected chi connectivity index (χ3v) is 5.12. The number of fused-ring (bicyclic) bond motifs is 1. The molecule has 0 saturated heterocycles. The molecule has 7 nitrogen and oxygen atoms in total. The Bertz CT molecular complexity index is 892. The van der Waals surface area contributed by atoms with Crippen LogP contribution >= 0.6 is 11.6 Å². The average Bonchev–Trinajstić information content (AvgIpc) is 2.78. The number of aliphatic hydroxyl groups is 1. The number of benzene rings is 2. The van der Waals surface area contributed by atoms with Gasteiger partial charge < -0.3 is 30.0 Å². The summed E-state index contributed by atoms with van der Waals surface area (Å²) in [5, 5.41) is 17.2. The lowest BCUT2D eigenvalue weighted by Crippen LogP contribution is -2.39. The second kappa shape index (κ2) is 11.2. The van der Waals surface area contributed by atoms with Gasteiger partial charge in [-0.2, -0.15) is 0 Å². The quantitative estimate of drug-likeness (QED) is 0.516. The van der Waals surface area contributed by atoms with Crippen molar-refractivity contribution >= 4 is 17.5 Å². The van der Waals surface area contributed by atoms with E-state index in [1.807, 2.05) is 26.0 Å². The van der Waals surface area contributed by atoms with Gasteiger partial charge in [-0.15, -0.1) is 0 Å². The molecule has 31 heavy (non-hydrogen) atoms. The van der Waals surface area contributed by atoms with E-state index < -0.39 is 6.10 Å². The Balaban J connectivity index is 1.58. The molecule has 3 N–H and O–H groups in total. The SMILES string of the molecule is CCCNC(=O)c1cc(C(O)CNCC2COc3cccc(Cl)c3O2)ccc1OCC. The van der Waals surface area contributed by atoms with Crippen LogP contribution in [0.3, 0.4) is 0 Å².